The Morgan fingerprint density at radius 1 is 0.692 bits per heavy atom. The summed E-state index contributed by atoms with van der Waals surface area (Å²) in [5.41, 5.74) is 4.41. The SMILES string of the molecule is [B]C1CCC(c2ccc(-c3ccc(C4CCCCC4)c(F)c3)cc2)CC1. The topological polar surface area (TPSA) is 0 Å². The second-order valence-corrected chi connectivity index (χ2v) is 8.30. The van der Waals surface area contributed by atoms with Crippen LogP contribution in [0.3, 0.4) is 0 Å². The van der Waals surface area contributed by atoms with Crippen LogP contribution in [0.5, 0.6) is 0 Å². The zero-order valence-electron chi connectivity index (χ0n) is 15.6. The summed E-state index contributed by atoms with van der Waals surface area (Å²) in [5.74, 6) is 1.41. The summed E-state index contributed by atoms with van der Waals surface area (Å²) in [7, 11) is 6.02. The lowest BCUT2D eigenvalue weighted by molar-refractivity contribution is 0.430. The summed E-state index contributed by atoms with van der Waals surface area (Å²) in [5, 5.41) is 0. The molecule has 0 heterocycles. The predicted octanol–water partition coefficient (Wildman–Crippen LogP) is 7.16. The Labute approximate surface area is 158 Å². The van der Waals surface area contributed by atoms with Crippen LogP contribution in [0.15, 0.2) is 42.5 Å². The van der Waals surface area contributed by atoms with Crippen molar-refractivity contribution in [2.24, 2.45) is 0 Å². The number of benzene rings is 2. The Balaban J connectivity index is 1.49. The minimum Gasteiger partial charge on any atom is -0.207 e. The Bertz CT molecular complexity index is 722. The molecule has 2 aromatic rings. The van der Waals surface area contributed by atoms with Gasteiger partial charge in [0, 0.05) is 0 Å². The van der Waals surface area contributed by atoms with Crippen LogP contribution in [-0.2, 0) is 0 Å². The van der Waals surface area contributed by atoms with Gasteiger partial charge in [-0.2, -0.15) is 0 Å². The first-order valence-corrected chi connectivity index (χ1v) is 10.4. The third-order valence-electron chi connectivity index (χ3n) is 6.53. The van der Waals surface area contributed by atoms with Crippen molar-refractivity contribution >= 4 is 7.85 Å². The average Bonchev–Trinajstić information content (AvgIpc) is 2.69. The molecule has 0 bridgehead atoms. The van der Waals surface area contributed by atoms with Gasteiger partial charge in [0.1, 0.15) is 5.82 Å². The second kappa shape index (κ2) is 7.98. The van der Waals surface area contributed by atoms with Crippen molar-refractivity contribution in [3.63, 3.8) is 0 Å². The Morgan fingerprint density at radius 2 is 1.35 bits per heavy atom. The van der Waals surface area contributed by atoms with E-state index in [-0.39, 0.29) is 5.82 Å². The molecule has 0 nitrogen and oxygen atoms in total. The number of halogens is 1. The Morgan fingerprint density at radius 3 is 2.00 bits per heavy atom. The van der Waals surface area contributed by atoms with Gasteiger partial charge in [0.25, 0.3) is 0 Å². The fourth-order valence-corrected chi connectivity index (χ4v) is 4.85. The van der Waals surface area contributed by atoms with Crippen molar-refractivity contribution in [1.29, 1.82) is 0 Å². The molecule has 0 amide bonds. The molecule has 0 N–H and O–H groups in total. The van der Waals surface area contributed by atoms with Gasteiger partial charge >= 0.3 is 0 Å². The quantitative estimate of drug-likeness (QED) is 0.517. The van der Waals surface area contributed by atoms with Crippen LogP contribution in [0.2, 0.25) is 5.82 Å². The monoisotopic (exact) mass is 346 g/mol. The summed E-state index contributed by atoms with van der Waals surface area (Å²) >= 11 is 0. The van der Waals surface area contributed by atoms with E-state index in [1.165, 1.54) is 37.7 Å². The van der Waals surface area contributed by atoms with Gasteiger partial charge < -0.3 is 0 Å². The maximum Gasteiger partial charge on any atom is 0.127 e. The van der Waals surface area contributed by atoms with Crippen molar-refractivity contribution < 1.29 is 4.39 Å². The van der Waals surface area contributed by atoms with Crippen LogP contribution in [0.25, 0.3) is 11.1 Å². The van der Waals surface area contributed by atoms with Gasteiger partial charge in [-0.15, -0.1) is 0 Å². The first-order chi connectivity index (χ1) is 12.7. The predicted molar refractivity (Wildman–Crippen MR) is 108 cm³/mol. The summed E-state index contributed by atoms with van der Waals surface area (Å²) in [6, 6.07) is 14.6. The Kier molecular flexibility index (Phi) is 5.48. The molecule has 134 valence electrons. The summed E-state index contributed by atoms with van der Waals surface area (Å²) in [4.78, 5) is 0. The molecule has 2 heteroatoms. The zero-order valence-corrected chi connectivity index (χ0v) is 15.6. The smallest absolute Gasteiger partial charge is 0.127 e. The molecular formula is C24H28BF. The molecule has 2 fully saturated rings. The molecule has 4 rings (SSSR count). The number of hydrogen-bond donors (Lipinski definition) is 0. The maximum absolute atomic E-state index is 14.7. The van der Waals surface area contributed by atoms with E-state index in [0.717, 1.165) is 42.4 Å². The molecule has 2 radical (unpaired) electrons. The van der Waals surface area contributed by atoms with Gasteiger partial charge in [0.2, 0.25) is 0 Å². The Hall–Kier alpha value is -1.57. The van der Waals surface area contributed by atoms with Gasteiger partial charge in [0.15, 0.2) is 0 Å². The molecular weight excluding hydrogens is 318 g/mol. The highest BCUT2D eigenvalue weighted by Crippen LogP contribution is 2.38. The van der Waals surface area contributed by atoms with Gasteiger partial charge in [0.05, 0.1) is 7.85 Å². The average molecular weight is 346 g/mol. The van der Waals surface area contributed by atoms with Crippen molar-refractivity contribution in [3.05, 3.63) is 59.4 Å². The largest absolute Gasteiger partial charge is 0.207 e. The molecule has 2 aromatic carbocycles. The summed E-state index contributed by atoms with van der Waals surface area (Å²) in [6.07, 6.45) is 10.7. The summed E-state index contributed by atoms with van der Waals surface area (Å²) < 4.78 is 14.7. The number of rotatable bonds is 3. The fourth-order valence-electron chi connectivity index (χ4n) is 4.85. The van der Waals surface area contributed by atoms with E-state index in [9.17, 15) is 4.39 Å². The first kappa shape index (κ1) is 17.8. The van der Waals surface area contributed by atoms with E-state index < -0.39 is 0 Å². The molecule has 0 aromatic heterocycles. The van der Waals surface area contributed by atoms with Crippen LogP contribution in [0.1, 0.15) is 80.8 Å². The van der Waals surface area contributed by atoms with E-state index in [0.29, 0.717) is 17.7 Å². The molecule has 2 aliphatic carbocycles. The third-order valence-corrected chi connectivity index (χ3v) is 6.53. The highest BCUT2D eigenvalue weighted by molar-refractivity contribution is 6.11. The molecule has 0 unspecified atom stereocenters. The van der Waals surface area contributed by atoms with Gasteiger partial charge in [-0.25, -0.2) is 4.39 Å². The number of hydrogen-bond acceptors (Lipinski definition) is 0. The van der Waals surface area contributed by atoms with E-state index in [1.54, 1.807) is 6.07 Å². The highest BCUT2D eigenvalue weighted by Gasteiger charge is 2.20. The lowest BCUT2D eigenvalue weighted by Gasteiger charge is -2.26. The van der Waals surface area contributed by atoms with E-state index in [1.807, 2.05) is 6.07 Å². The van der Waals surface area contributed by atoms with Crippen molar-refractivity contribution in [3.8, 4) is 11.1 Å². The van der Waals surface area contributed by atoms with E-state index >= 15 is 0 Å². The minimum absolute atomic E-state index is 0.0280. The maximum atomic E-state index is 14.7. The van der Waals surface area contributed by atoms with Gasteiger partial charge in [-0.05, 0) is 65.8 Å². The molecule has 0 spiro atoms. The van der Waals surface area contributed by atoms with Gasteiger partial charge in [-0.3, -0.25) is 0 Å². The van der Waals surface area contributed by atoms with E-state index in [4.69, 9.17) is 7.85 Å². The zero-order chi connectivity index (χ0) is 17.9. The highest BCUT2D eigenvalue weighted by atomic mass is 19.1. The second-order valence-electron chi connectivity index (χ2n) is 8.30. The van der Waals surface area contributed by atoms with Crippen LogP contribution in [-0.4, -0.2) is 7.85 Å². The molecule has 26 heavy (non-hydrogen) atoms. The fraction of sp³-hybridized carbons (Fsp3) is 0.500. The van der Waals surface area contributed by atoms with Crippen LogP contribution in [0, 0.1) is 5.82 Å². The van der Waals surface area contributed by atoms with Crippen molar-refractivity contribution in [1.82, 2.24) is 0 Å². The van der Waals surface area contributed by atoms with Crippen molar-refractivity contribution in [2.45, 2.75) is 75.4 Å². The molecule has 0 aliphatic heterocycles. The minimum atomic E-state index is -0.0280. The van der Waals surface area contributed by atoms with Crippen LogP contribution in [0.4, 0.5) is 4.39 Å². The normalized spacial score (nSPS) is 24.5. The third kappa shape index (κ3) is 3.90. The summed E-state index contributed by atoms with van der Waals surface area (Å²) in [6.45, 7) is 0. The lowest BCUT2D eigenvalue weighted by atomic mass is 9.70. The lowest BCUT2D eigenvalue weighted by Crippen LogP contribution is -2.09. The van der Waals surface area contributed by atoms with Crippen molar-refractivity contribution in [2.75, 3.05) is 0 Å². The standard InChI is InChI=1S/C24H28BF/c25-22-13-10-18(11-14-22)17-6-8-19(9-7-17)21-12-15-23(24(26)16-21)20-4-2-1-3-5-20/h6-9,12,15-16,18,20,22H,1-5,10-11,13-14H2. The molecule has 2 saturated carbocycles. The van der Waals surface area contributed by atoms with Crippen LogP contribution < -0.4 is 0 Å². The van der Waals surface area contributed by atoms with E-state index in [2.05, 4.69) is 30.3 Å². The molecule has 2 aliphatic rings. The van der Waals surface area contributed by atoms with Gasteiger partial charge in [-0.1, -0.05) is 74.3 Å². The van der Waals surface area contributed by atoms with Crippen LogP contribution >= 0.6 is 0 Å². The molecule has 0 atom stereocenters. The first-order valence-electron chi connectivity index (χ1n) is 10.4. The molecule has 0 saturated heterocycles.